The first-order valence-electron chi connectivity index (χ1n) is 7.05. The van der Waals surface area contributed by atoms with E-state index in [0.29, 0.717) is 16.5 Å². The Hall–Kier alpha value is -2.26. The van der Waals surface area contributed by atoms with Gasteiger partial charge in [-0.15, -0.1) is 0 Å². The zero-order valence-electron chi connectivity index (χ0n) is 12.8. The van der Waals surface area contributed by atoms with Crippen molar-refractivity contribution in [1.82, 2.24) is 9.71 Å². The van der Waals surface area contributed by atoms with Crippen molar-refractivity contribution in [3.63, 3.8) is 0 Å². The van der Waals surface area contributed by atoms with Crippen LogP contribution in [0.2, 0.25) is 0 Å². The molecule has 0 atom stereocenters. The van der Waals surface area contributed by atoms with Crippen LogP contribution in [0, 0.1) is 10.1 Å². The molecule has 0 bridgehead atoms. The number of non-ortho nitro benzene ring substituents is 1. The molecule has 2 N–H and O–H groups in total. The summed E-state index contributed by atoms with van der Waals surface area (Å²) in [5.74, 6) is -0.0885. The molecule has 0 radical (unpaired) electrons. The van der Waals surface area contributed by atoms with E-state index in [1.807, 2.05) is 0 Å². The number of hydrogen-bond acceptors (Lipinski definition) is 6. The van der Waals surface area contributed by atoms with Crippen LogP contribution in [0.25, 0.3) is 10.8 Å². The molecule has 0 aliphatic heterocycles. The molecule has 23 heavy (non-hydrogen) atoms. The molecular weight excluding hydrogens is 320 g/mol. The number of fused-ring (bicyclic) bond motifs is 1. The fourth-order valence-electron chi connectivity index (χ4n) is 2.23. The van der Waals surface area contributed by atoms with E-state index in [4.69, 9.17) is 0 Å². The summed E-state index contributed by atoms with van der Waals surface area (Å²) in [6, 6.07) is 4.45. The quantitative estimate of drug-likeness (QED) is 0.588. The lowest BCUT2D eigenvalue weighted by Crippen LogP contribution is -2.34. The van der Waals surface area contributed by atoms with Crippen LogP contribution in [-0.4, -0.2) is 36.7 Å². The van der Waals surface area contributed by atoms with Crippen LogP contribution >= 0.6 is 0 Å². The third-order valence-electron chi connectivity index (χ3n) is 3.09. The summed E-state index contributed by atoms with van der Waals surface area (Å²) >= 11 is 0. The average molecular weight is 338 g/mol. The molecule has 2 aromatic rings. The highest BCUT2D eigenvalue weighted by Crippen LogP contribution is 2.30. The van der Waals surface area contributed by atoms with Crippen molar-refractivity contribution in [2.45, 2.75) is 19.9 Å². The second-order valence-corrected chi connectivity index (χ2v) is 7.20. The Morgan fingerprint density at radius 1 is 1.26 bits per heavy atom. The number of rotatable bonds is 7. The van der Waals surface area contributed by atoms with Gasteiger partial charge in [0.1, 0.15) is 0 Å². The van der Waals surface area contributed by atoms with E-state index in [-0.39, 0.29) is 24.0 Å². The first-order chi connectivity index (χ1) is 10.8. The highest BCUT2D eigenvalue weighted by Gasteiger charge is 2.15. The summed E-state index contributed by atoms with van der Waals surface area (Å²) in [6.07, 6.45) is 2.96. The van der Waals surface area contributed by atoms with Crippen LogP contribution in [0.4, 0.5) is 11.4 Å². The minimum atomic E-state index is -3.36. The topological polar surface area (TPSA) is 114 Å². The van der Waals surface area contributed by atoms with Gasteiger partial charge in [0.2, 0.25) is 10.0 Å². The Morgan fingerprint density at radius 3 is 2.65 bits per heavy atom. The summed E-state index contributed by atoms with van der Waals surface area (Å²) in [7, 11) is -3.36. The molecule has 8 nitrogen and oxygen atoms in total. The van der Waals surface area contributed by atoms with Gasteiger partial charge in [0, 0.05) is 42.1 Å². The van der Waals surface area contributed by atoms with Crippen molar-refractivity contribution in [1.29, 1.82) is 0 Å². The maximum atomic E-state index is 11.8. The third kappa shape index (κ3) is 4.36. The maximum Gasteiger partial charge on any atom is 0.278 e. The van der Waals surface area contributed by atoms with Gasteiger partial charge in [0.25, 0.3) is 5.69 Å². The Kier molecular flexibility index (Phi) is 5.12. The first kappa shape index (κ1) is 17.1. The standard InChI is InChI=1S/C14H18N4O4S/c1-10(2)17-23(21,22)8-7-16-13-3-4-14(18(19)20)12-9-15-6-5-11(12)13/h3-6,9-10,16-17H,7-8H2,1-2H3. The molecule has 0 aliphatic rings. The van der Waals surface area contributed by atoms with E-state index in [1.54, 1.807) is 26.0 Å². The van der Waals surface area contributed by atoms with Gasteiger partial charge in [0.15, 0.2) is 0 Å². The Morgan fingerprint density at radius 2 is 2.00 bits per heavy atom. The lowest BCUT2D eigenvalue weighted by molar-refractivity contribution is -0.383. The highest BCUT2D eigenvalue weighted by atomic mass is 32.2. The lowest BCUT2D eigenvalue weighted by atomic mass is 10.1. The number of sulfonamides is 1. The average Bonchev–Trinajstić information content (AvgIpc) is 2.45. The second-order valence-electron chi connectivity index (χ2n) is 5.33. The Labute approximate surface area is 134 Å². The van der Waals surface area contributed by atoms with Crippen LogP contribution in [-0.2, 0) is 10.0 Å². The van der Waals surface area contributed by atoms with E-state index < -0.39 is 14.9 Å². The number of nitro groups is 1. The van der Waals surface area contributed by atoms with Gasteiger partial charge in [-0.25, -0.2) is 13.1 Å². The normalized spacial score (nSPS) is 11.8. The van der Waals surface area contributed by atoms with Crippen LogP contribution < -0.4 is 10.0 Å². The van der Waals surface area contributed by atoms with Gasteiger partial charge in [-0.3, -0.25) is 15.1 Å². The van der Waals surface area contributed by atoms with Crippen LogP contribution in [0.3, 0.4) is 0 Å². The summed E-state index contributed by atoms with van der Waals surface area (Å²) in [5.41, 5.74) is 0.598. The van der Waals surface area contributed by atoms with Gasteiger partial charge < -0.3 is 5.32 Å². The minimum Gasteiger partial charge on any atom is -0.383 e. The number of nitrogens with zero attached hydrogens (tertiary/aromatic N) is 2. The van der Waals surface area contributed by atoms with Gasteiger partial charge in [0.05, 0.1) is 16.1 Å². The summed E-state index contributed by atoms with van der Waals surface area (Å²) in [4.78, 5) is 14.5. The molecule has 9 heteroatoms. The molecule has 124 valence electrons. The molecular formula is C14H18N4O4S. The minimum absolute atomic E-state index is 0.0345. The highest BCUT2D eigenvalue weighted by molar-refractivity contribution is 7.89. The largest absolute Gasteiger partial charge is 0.383 e. The third-order valence-corrected chi connectivity index (χ3v) is 4.67. The number of hydrogen-bond donors (Lipinski definition) is 2. The number of nitro benzene ring substituents is 1. The van der Waals surface area contributed by atoms with E-state index in [1.165, 1.54) is 18.5 Å². The Bertz CT molecular complexity index is 821. The van der Waals surface area contributed by atoms with Crippen molar-refractivity contribution >= 4 is 32.2 Å². The Balaban J connectivity index is 2.19. The van der Waals surface area contributed by atoms with Crippen molar-refractivity contribution in [2.24, 2.45) is 0 Å². The molecule has 0 saturated heterocycles. The fraction of sp³-hybridized carbons (Fsp3) is 0.357. The van der Waals surface area contributed by atoms with E-state index >= 15 is 0 Å². The van der Waals surface area contributed by atoms with Crippen LogP contribution in [0.1, 0.15) is 13.8 Å². The van der Waals surface area contributed by atoms with Gasteiger partial charge in [-0.1, -0.05) is 0 Å². The number of aromatic nitrogens is 1. The van der Waals surface area contributed by atoms with E-state index in [0.717, 1.165) is 0 Å². The molecule has 0 unspecified atom stereocenters. The van der Waals surface area contributed by atoms with Crippen molar-refractivity contribution in [3.8, 4) is 0 Å². The first-order valence-corrected chi connectivity index (χ1v) is 8.70. The predicted octanol–water partition coefficient (Wildman–Crippen LogP) is 1.88. The van der Waals surface area contributed by atoms with Gasteiger partial charge in [-0.05, 0) is 26.0 Å². The molecule has 0 spiro atoms. The van der Waals surface area contributed by atoms with Crippen molar-refractivity contribution in [2.75, 3.05) is 17.6 Å². The van der Waals surface area contributed by atoms with Crippen molar-refractivity contribution in [3.05, 3.63) is 40.7 Å². The zero-order valence-corrected chi connectivity index (χ0v) is 13.6. The number of anilines is 1. The molecule has 0 aliphatic carbocycles. The van der Waals surface area contributed by atoms with Gasteiger partial charge in [-0.2, -0.15) is 0 Å². The molecule has 0 amide bonds. The zero-order chi connectivity index (χ0) is 17.0. The predicted molar refractivity (Wildman–Crippen MR) is 88.9 cm³/mol. The number of benzene rings is 1. The molecule has 1 heterocycles. The summed E-state index contributed by atoms with van der Waals surface area (Å²) in [6.45, 7) is 3.70. The van der Waals surface area contributed by atoms with Crippen molar-refractivity contribution < 1.29 is 13.3 Å². The smallest absolute Gasteiger partial charge is 0.278 e. The number of pyridine rings is 1. The molecule has 0 fully saturated rings. The lowest BCUT2D eigenvalue weighted by Gasteiger charge is -2.12. The van der Waals surface area contributed by atoms with Crippen LogP contribution in [0.15, 0.2) is 30.6 Å². The maximum absolute atomic E-state index is 11.8. The second kappa shape index (κ2) is 6.88. The monoisotopic (exact) mass is 338 g/mol. The molecule has 1 aromatic heterocycles. The van der Waals surface area contributed by atoms with Gasteiger partial charge >= 0.3 is 0 Å². The van der Waals surface area contributed by atoms with E-state index in [9.17, 15) is 18.5 Å². The summed E-state index contributed by atoms with van der Waals surface area (Å²) in [5, 5.41) is 15.1. The molecule has 2 rings (SSSR count). The van der Waals surface area contributed by atoms with E-state index in [2.05, 4.69) is 15.0 Å². The summed E-state index contributed by atoms with van der Waals surface area (Å²) < 4.78 is 26.1. The fourth-order valence-corrected chi connectivity index (χ4v) is 3.43. The SMILES string of the molecule is CC(C)NS(=O)(=O)CCNc1ccc([N+](=O)[O-])c2cnccc12. The number of nitrogens with one attached hydrogen (secondary N) is 2. The molecule has 0 saturated carbocycles. The van der Waals surface area contributed by atoms with Crippen LogP contribution in [0.5, 0.6) is 0 Å². The molecule has 1 aromatic carbocycles.